The number of hydrogen-bond donors (Lipinski definition) is 3. The third kappa shape index (κ3) is 5.74. The monoisotopic (exact) mass is 463 g/mol. The molecule has 0 bridgehead atoms. The minimum Gasteiger partial charge on any atom is -0.494 e. The second-order valence-corrected chi connectivity index (χ2v) is 8.92. The van der Waals surface area contributed by atoms with E-state index >= 15 is 0 Å². The fourth-order valence-corrected chi connectivity index (χ4v) is 3.67. The number of aromatic nitrogens is 3. The SMILES string of the molecule is CCC(=Nc1cnn(C(C)C)c1)c1c(O)[nH]c2ccc(C(=O)NC(C)(C)CC(F)(F)F)cc12. The van der Waals surface area contributed by atoms with Gasteiger partial charge in [-0.2, -0.15) is 18.3 Å². The molecule has 7 nitrogen and oxygen atoms in total. The number of benzene rings is 1. The number of rotatable bonds is 7. The van der Waals surface area contributed by atoms with Crippen LogP contribution >= 0.6 is 0 Å². The molecule has 0 fully saturated rings. The van der Waals surface area contributed by atoms with Gasteiger partial charge in [0.2, 0.25) is 0 Å². The average molecular weight is 464 g/mol. The molecule has 0 saturated carbocycles. The molecule has 1 aromatic carbocycles. The van der Waals surface area contributed by atoms with Gasteiger partial charge in [0.15, 0.2) is 5.88 Å². The van der Waals surface area contributed by atoms with E-state index in [9.17, 15) is 23.1 Å². The lowest BCUT2D eigenvalue weighted by Gasteiger charge is -2.27. The highest BCUT2D eigenvalue weighted by atomic mass is 19.4. The van der Waals surface area contributed by atoms with E-state index in [4.69, 9.17) is 0 Å². The molecule has 0 aliphatic heterocycles. The lowest BCUT2D eigenvalue weighted by atomic mass is 9.99. The van der Waals surface area contributed by atoms with Crippen molar-refractivity contribution in [2.24, 2.45) is 4.99 Å². The third-order valence-corrected chi connectivity index (χ3v) is 5.14. The Labute approximate surface area is 189 Å². The molecule has 0 aliphatic rings. The molecule has 0 radical (unpaired) electrons. The van der Waals surface area contributed by atoms with E-state index in [1.54, 1.807) is 29.2 Å². The summed E-state index contributed by atoms with van der Waals surface area (Å²) in [6.07, 6.45) is -1.64. The van der Waals surface area contributed by atoms with Crippen molar-refractivity contribution in [3.05, 3.63) is 41.7 Å². The molecule has 2 aromatic heterocycles. The van der Waals surface area contributed by atoms with Crippen LogP contribution in [0.4, 0.5) is 18.9 Å². The molecule has 3 aromatic rings. The zero-order valence-corrected chi connectivity index (χ0v) is 19.2. The van der Waals surface area contributed by atoms with Crippen LogP contribution in [-0.4, -0.2) is 43.2 Å². The number of nitrogens with one attached hydrogen (secondary N) is 2. The normalized spacial score (nSPS) is 13.2. The number of fused-ring (bicyclic) bond motifs is 1. The van der Waals surface area contributed by atoms with E-state index in [0.29, 0.717) is 34.3 Å². The summed E-state index contributed by atoms with van der Waals surface area (Å²) in [7, 11) is 0. The van der Waals surface area contributed by atoms with Gasteiger partial charge in [-0.3, -0.25) is 9.48 Å². The van der Waals surface area contributed by atoms with E-state index in [-0.39, 0.29) is 17.5 Å². The average Bonchev–Trinajstić information content (AvgIpc) is 3.27. The van der Waals surface area contributed by atoms with E-state index in [0.717, 1.165) is 0 Å². The van der Waals surface area contributed by atoms with Crippen LogP contribution in [0.5, 0.6) is 5.88 Å². The van der Waals surface area contributed by atoms with Crippen molar-refractivity contribution < 1.29 is 23.1 Å². The van der Waals surface area contributed by atoms with Crippen LogP contribution in [0.3, 0.4) is 0 Å². The molecule has 0 unspecified atom stereocenters. The van der Waals surface area contributed by atoms with Gasteiger partial charge >= 0.3 is 6.18 Å². The van der Waals surface area contributed by atoms with Crippen LogP contribution in [0.25, 0.3) is 10.9 Å². The first-order valence-electron chi connectivity index (χ1n) is 10.7. The number of amides is 1. The number of carbonyl (C=O) groups excluding carboxylic acids is 1. The summed E-state index contributed by atoms with van der Waals surface area (Å²) in [6, 6.07) is 4.82. The van der Waals surface area contributed by atoms with Crippen LogP contribution in [0.15, 0.2) is 35.6 Å². The molecule has 0 atom stereocenters. The highest BCUT2D eigenvalue weighted by molar-refractivity contribution is 6.14. The second kappa shape index (κ2) is 8.92. The van der Waals surface area contributed by atoms with Gasteiger partial charge in [-0.05, 0) is 52.3 Å². The Morgan fingerprint density at radius 2 is 2.00 bits per heavy atom. The summed E-state index contributed by atoms with van der Waals surface area (Å²) in [6.45, 7) is 8.53. The summed E-state index contributed by atoms with van der Waals surface area (Å²) in [5, 5.41) is 17.8. The summed E-state index contributed by atoms with van der Waals surface area (Å²) < 4.78 is 40.2. The smallest absolute Gasteiger partial charge is 0.391 e. The Hall–Kier alpha value is -3.30. The van der Waals surface area contributed by atoms with Crippen molar-refractivity contribution in [1.29, 1.82) is 0 Å². The Kier molecular flexibility index (Phi) is 6.58. The zero-order valence-electron chi connectivity index (χ0n) is 19.2. The summed E-state index contributed by atoms with van der Waals surface area (Å²) >= 11 is 0. The van der Waals surface area contributed by atoms with Crippen LogP contribution in [0.2, 0.25) is 0 Å². The summed E-state index contributed by atoms with van der Waals surface area (Å²) in [5.74, 6) is -0.734. The highest BCUT2D eigenvalue weighted by Crippen LogP contribution is 2.32. The first kappa shape index (κ1) is 24.3. The second-order valence-electron chi connectivity index (χ2n) is 8.92. The quantitative estimate of drug-likeness (QED) is 0.396. The molecular weight excluding hydrogens is 435 g/mol. The number of hydrogen-bond acceptors (Lipinski definition) is 4. The summed E-state index contributed by atoms with van der Waals surface area (Å²) in [4.78, 5) is 20.2. The number of aromatic amines is 1. The molecule has 3 rings (SSSR count). The van der Waals surface area contributed by atoms with Crippen molar-refractivity contribution in [3.63, 3.8) is 0 Å². The Morgan fingerprint density at radius 1 is 1.30 bits per heavy atom. The predicted octanol–water partition coefficient (Wildman–Crippen LogP) is 5.64. The molecule has 3 N–H and O–H groups in total. The lowest BCUT2D eigenvalue weighted by Crippen LogP contribution is -2.46. The maximum atomic E-state index is 12.8. The maximum Gasteiger partial charge on any atom is 0.391 e. The number of halogens is 3. The van der Waals surface area contributed by atoms with Crippen LogP contribution in [-0.2, 0) is 0 Å². The largest absolute Gasteiger partial charge is 0.494 e. The Balaban J connectivity index is 1.98. The number of nitrogens with zero attached hydrogens (tertiary/aromatic N) is 3. The standard InChI is InChI=1S/C23H28F3N5O2/c1-6-17(28-15-10-27-31(11-15)13(2)3)19-16-9-14(7-8-18(16)29-21(19)33)20(32)30-22(4,5)12-23(24,25)26/h7-11,13,29,33H,6,12H2,1-5H3,(H,30,32). The first-order valence-corrected chi connectivity index (χ1v) is 10.7. The minimum absolute atomic E-state index is 0.100. The fraction of sp³-hybridized carbons (Fsp3) is 0.435. The number of aromatic hydroxyl groups is 1. The number of H-pyrrole nitrogens is 1. The highest BCUT2D eigenvalue weighted by Gasteiger charge is 2.37. The van der Waals surface area contributed by atoms with Gasteiger partial charge in [-0.15, -0.1) is 0 Å². The van der Waals surface area contributed by atoms with Crippen molar-refractivity contribution in [1.82, 2.24) is 20.1 Å². The summed E-state index contributed by atoms with van der Waals surface area (Å²) in [5.41, 5.74) is 0.928. The topological polar surface area (TPSA) is 95.3 Å². The van der Waals surface area contributed by atoms with Gasteiger partial charge in [0.25, 0.3) is 5.91 Å². The molecule has 0 saturated heterocycles. The van der Waals surface area contributed by atoms with Crippen molar-refractivity contribution in [2.75, 3.05) is 0 Å². The molecular formula is C23H28F3N5O2. The maximum absolute atomic E-state index is 12.8. The van der Waals surface area contributed by atoms with E-state index in [2.05, 4.69) is 20.4 Å². The molecule has 2 heterocycles. The van der Waals surface area contributed by atoms with Crippen molar-refractivity contribution >= 4 is 28.2 Å². The van der Waals surface area contributed by atoms with E-state index < -0.39 is 24.0 Å². The fourth-order valence-electron chi connectivity index (χ4n) is 3.67. The van der Waals surface area contributed by atoms with Gasteiger partial charge in [0.1, 0.15) is 5.69 Å². The van der Waals surface area contributed by atoms with Crippen molar-refractivity contribution in [2.45, 2.75) is 65.2 Å². The van der Waals surface area contributed by atoms with Gasteiger partial charge < -0.3 is 15.4 Å². The van der Waals surface area contributed by atoms with E-state index in [1.807, 2.05) is 20.8 Å². The van der Waals surface area contributed by atoms with Crippen LogP contribution in [0, 0.1) is 0 Å². The Morgan fingerprint density at radius 3 is 2.58 bits per heavy atom. The third-order valence-electron chi connectivity index (χ3n) is 5.14. The number of alkyl halides is 3. The Bertz CT molecular complexity index is 1190. The first-order chi connectivity index (χ1) is 15.3. The van der Waals surface area contributed by atoms with Gasteiger partial charge in [0, 0.05) is 28.0 Å². The molecule has 1 amide bonds. The van der Waals surface area contributed by atoms with Gasteiger partial charge in [0.05, 0.1) is 30.1 Å². The number of carbonyl (C=O) groups is 1. The molecule has 0 aliphatic carbocycles. The molecule has 10 heteroatoms. The molecule has 178 valence electrons. The number of aliphatic imine (C=N–C) groups is 1. The van der Waals surface area contributed by atoms with Crippen molar-refractivity contribution in [3.8, 4) is 5.88 Å². The minimum atomic E-state index is -4.41. The molecule has 0 spiro atoms. The van der Waals surface area contributed by atoms with Crippen LogP contribution < -0.4 is 5.32 Å². The predicted molar refractivity (Wildman–Crippen MR) is 121 cm³/mol. The zero-order chi connectivity index (χ0) is 24.6. The lowest BCUT2D eigenvalue weighted by molar-refractivity contribution is -0.146. The van der Waals surface area contributed by atoms with E-state index in [1.165, 1.54) is 19.9 Å². The van der Waals surface area contributed by atoms with Gasteiger partial charge in [-0.1, -0.05) is 6.92 Å². The van der Waals surface area contributed by atoms with Crippen LogP contribution in [0.1, 0.15) is 69.4 Å². The molecule has 33 heavy (non-hydrogen) atoms. The van der Waals surface area contributed by atoms with Gasteiger partial charge in [-0.25, -0.2) is 4.99 Å².